The summed E-state index contributed by atoms with van der Waals surface area (Å²) >= 11 is 13.1. The van der Waals surface area contributed by atoms with Gasteiger partial charge in [-0.05, 0) is 23.8 Å². The summed E-state index contributed by atoms with van der Waals surface area (Å²) in [6.45, 7) is 6.64. The van der Waals surface area contributed by atoms with Crippen LogP contribution in [0.5, 0.6) is 5.75 Å². The van der Waals surface area contributed by atoms with Gasteiger partial charge in [0.15, 0.2) is 10.8 Å². The van der Waals surface area contributed by atoms with Crippen molar-refractivity contribution in [3.05, 3.63) is 70.6 Å². The van der Waals surface area contributed by atoms with E-state index in [9.17, 15) is 0 Å². The van der Waals surface area contributed by atoms with Crippen LogP contribution in [0.1, 0.15) is 5.56 Å². The lowest BCUT2D eigenvalue weighted by Crippen LogP contribution is -3.00. The standard InChI is InChI=1S/C24H24Cl2N6O.ClH/c25-20-14-18(33-13-12-31-10-8-27-9-11-31)6-7-19(20)23-30-21-22(26)28-16-29-24(21)32(23)15-17-4-2-1-3-5-17;/h1-7,14,16,27H,8-13,15H2;1H. The van der Waals surface area contributed by atoms with Crippen LogP contribution in [0.25, 0.3) is 22.6 Å². The van der Waals surface area contributed by atoms with Gasteiger partial charge >= 0.3 is 0 Å². The summed E-state index contributed by atoms with van der Waals surface area (Å²) in [7, 11) is 0. The number of hydrogen-bond donors (Lipinski definition) is 1. The smallest absolute Gasteiger partial charge is 0.165 e. The average molecular weight is 520 g/mol. The van der Waals surface area contributed by atoms with Gasteiger partial charge in [-0.1, -0.05) is 53.5 Å². The fourth-order valence-electron chi connectivity index (χ4n) is 4.12. The number of hydrogen-bond acceptors (Lipinski definition) is 5. The molecule has 1 aliphatic heterocycles. The summed E-state index contributed by atoms with van der Waals surface area (Å²) in [6.07, 6.45) is 1.45. The molecule has 10 heteroatoms. The third kappa shape index (κ3) is 5.45. The summed E-state index contributed by atoms with van der Waals surface area (Å²) in [4.78, 5) is 15.7. The van der Waals surface area contributed by atoms with E-state index in [1.54, 1.807) is 0 Å². The Morgan fingerprint density at radius 2 is 1.79 bits per heavy atom. The predicted octanol–water partition coefficient (Wildman–Crippen LogP) is 0.110. The van der Waals surface area contributed by atoms with E-state index in [-0.39, 0.29) is 12.4 Å². The van der Waals surface area contributed by atoms with Gasteiger partial charge in [-0.3, -0.25) is 4.90 Å². The van der Waals surface area contributed by atoms with Crippen molar-refractivity contribution in [1.29, 1.82) is 0 Å². The van der Waals surface area contributed by atoms with Crippen LogP contribution in [0.4, 0.5) is 0 Å². The van der Waals surface area contributed by atoms with Crippen molar-refractivity contribution in [2.24, 2.45) is 0 Å². The van der Waals surface area contributed by atoms with E-state index in [2.05, 4.69) is 32.3 Å². The summed E-state index contributed by atoms with van der Waals surface area (Å²) in [5.74, 6) is 1.44. The molecular weight excluding hydrogens is 495 g/mol. The van der Waals surface area contributed by atoms with E-state index in [1.165, 1.54) is 6.33 Å². The quantitative estimate of drug-likeness (QED) is 0.351. The molecule has 2 aromatic heterocycles. The zero-order valence-corrected chi connectivity index (χ0v) is 20.8. The van der Waals surface area contributed by atoms with Crippen LogP contribution >= 0.6 is 23.2 Å². The van der Waals surface area contributed by atoms with Gasteiger partial charge in [0.2, 0.25) is 0 Å². The Hall–Kier alpha value is -2.42. The van der Waals surface area contributed by atoms with E-state index in [4.69, 9.17) is 32.9 Å². The molecule has 178 valence electrons. The highest BCUT2D eigenvalue weighted by atomic mass is 35.5. The van der Waals surface area contributed by atoms with Gasteiger partial charge in [-0.15, -0.1) is 0 Å². The van der Waals surface area contributed by atoms with Gasteiger partial charge < -0.3 is 27.0 Å². The van der Waals surface area contributed by atoms with Gasteiger partial charge in [0.1, 0.15) is 30.0 Å². The number of quaternary nitrogens is 1. The molecule has 34 heavy (non-hydrogen) atoms. The summed E-state index contributed by atoms with van der Waals surface area (Å²) in [5.41, 5.74) is 3.14. The first-order valence-corrected chi connectivity index (χ1v) is 11.8. The highest BCUT2D eigenvalue weighted by molar-refractivity contribution is 6.34. The number of ether oxygens (including phenoxy) is 1. The number of imidazole rings is 1. The number of piperazine rings is 1. The minimum absolute atomic E-state index is 0. The fraction of sp³-hybridized carbons (Fsp3) is 0.292. The average Bonchev–Trinajstić information content (AvgIpc) is 3.20. The molecule has 2 N–H and O–H groups in total. The molecule has 0 amide bonds. The lowest BCUT2D eigenvalue weighted by molar-refractivity contribution is -0.663. The number of aromatic nitrogens is 4. The number of benzene rings is 2. The molecule has 0 atom stereocenters. The van der Waals surface area contributed by atoms with Crippen LogP contribution < -0.4 is 22.5 Å². The fourth-order valence-corrected chi connectivity index (χ4v) is 4.54. The second kappa shape index (κ2) is 11.3. The Morgan fingerprint density at radius 3 is 2.56 bits per heavy atom. The Labute approximate surface area is 214 Å². The molecule has 0 aliphatic carbocycles. The van der Waals surface area contributed by atoms with E-state index in [0.717, 1.165) is 49.6 Å². The van der Waals surface area contributed by atoms with Crippen molar-refractivity contribution in [2.45, 2.75) is 6.54 Å². The maximum absolute atomic E-state index is 6.72. The summed E-state index contributed by atoms with van der Waals surface area (Å²) in [5, 5.41) is 3.23. The number of nitrogens with zero attached hydrogens (tertiary/aromatic N) is 5. The second-order valence-electron chi connectivity index (χ2n) is 8.04. The first kappa shape index (κ1) is 24.7. The first-order chi connectivity index (χ1) is 16.2. The Morgan fingerprint density at radius 1 is 1.00 bits per heavy atom. The molecule has 7 nitrogen and oxygen atoms in total. The van der Waals surface area contributed by atoms with Crippen molar-refractivity contribution in [3.8, 4) is 17.1 Å². The largest absolute Gasteiger partial charge is 1.00 e. The van der Waals surface area contributed by atoms with E-state index >= 15 is 0 Å². The topological polar surface area (TPSA) is 72.7 Å². The SMILES string of the molecule is Clc1cc(OCCN2CC[NH2+]CC2)ccc1-c1nc2c(Cl)ncnc2n1Cc1ccccc1.[Cl-]. The van der Waals surface area contributed by atoms with Gasteiger partial charge in [0.25, 0.3) is 0 Å². The molecule has 0 unspecified atom stereocenters. The van der Waals surface area contributed by atoms with Crippen LogP contribution in [-0.4, -0.2) is 63.7 Å². The molecule has 0 bridgehead atoms. The number of fused-ring (bicyclic) bond motifs is 1. The highest BCUT2D eigenvalue weighted by Crippen LogP contribution is 2.34. The minimum Gasteiger partial charge on any atom is -1.00 e. The van der Waals surface area contributed by atoms with Gasteiger partial charge in [-0.2, -0.15) is 0 Å². The molecule has 1 fully saturated rings. The van der Waals surface area contributed by atoms with Gasteiger partial charge in [0.05, 0.1) is 24.7 Å². The van der Waals surface area contributed by atoms with Gasteiger partial charge in [0, 0.05) is 25.2 Å². The van der Waals surface area contributed by atoms with Crippen molar-refractivity contribution in [3.63, 3.8) is 0 Å². The zero-order valence-electron chi connectivity index (χ0n) is 18.5. The van der Waals surface area contributed by atoms with Crippen molar-refractivity contribution < 1.29 is 22.5 Å². The van der Waals surface area contributed by atoms with Crippen LogP contribution in [0.3, 0.4) is 0 Å². The third-order valence-electron chi connectivity index (χ3n) is 5.83. The molecule has 4 aromatic rings. The van der Waals surface area contributed by atoms with Crippen LogP contribution in [-0.2, 0) is 6.54 Å². The van der Waals surface area contributed by atoms with Crippen molar-refractivity contribution >= 4 is 34.4 Å². The molecule has 5 rings (SSSR count). The predicted molar refractivity (Wildman–Crippen MR) is 130 cm³/mol. The molecule has 0 spiro atoms. The number of rotatable bonds is 7. The normalized spacial score (nSPS) is 14.2. The highest BCUT2D eigenvalue weighted by Gasteiger charge is 2.19. The monoisotopic (exact) mass is 518 g/mol. The number of halogens is 3. The van der Waals surface area contributed by atoms with E-state index in [1.807, 2.05) is 41.0 Å². The number of nitrogens with two attached hydrogens (primary N) is 1. The molecule has 0 saturated carbocycles. The molecule has 0 radical (unpaired) electrons. The molecule has 2 aromatic carbocycles. The first-order valence-electron chi connectivity index (χ1n) is 11.1. The third-order valence-corrected chi connectivity index (χ3v) is 6.42. The Bertz CT molecular complexity index is 1240. The van der Waals surface area contributed by atoms with E-state index < -0.39 is 0 Å². The Kier molecular flexibility index (Phi) is 8.24. The minimum atomic E-state index is 0. The second-order valence-corrected chi connectivity index (χ2v) is 8.81. The van der Waals surface area contributed by atoms with E-state index in [0.29, 0.717) is 40.3 Å². The van der Waals surface area contributed by atoms with Crippen molar-refractivity contribution in [2.75, 3.05) is 39.3 Å². The Balaban J connectivity index is 0.00000274. The lowest BCUT2D eigenvalue weighted by Gasteiger charge is -2.24. The van der Waals surface area contributed by atoms with Crippen LogP contribution in [0, 0.1) is 0 Å². The van der Waals surface area contributed by atoms with Crippen LogP contribution in [0.2, 0.25) is 10.2 Å². The summed E-state index contributed by atoms with van der Waals surface area (Å²) in [6, 6.07) is 15.9. The maximum atomic E-state index is 6.72. The molecule has 3 heterocycles. The molecule has 1 aliphatic rings. The zero-order chi connectivity index (χ0) is 22.6. The molecular formula is C24H25Cl3N6O. The van der Waals surface area contributed by atoms with Crippen LogP contribution in [0.15, 0.2) is 54.9 Å². The maximum Gasteiger partial charge on any atom is 0.165 e. The van der Waals surface area contributed by atoms with Gasteiger partial charge in [-0.25, -0.2) is 15.0 Å². The van der Waals surface area contributed by atoms with Crippen molar-refractivity contribution in [1.82, 2.24) is 24.4 Å². The lowest BCUT2D eigenvalue weighted by atomic mass is 10.2. The molecule has 1 saturated heterocycles. The summed E-state index contributed by atoms with van der Waals surface area (Å²) < 4.78 is 8.00.